The van der Waals surface area contributed by atoms with E-state index in [2.05, 4.69) is 36.6 Å². The van der Waals surface area contributed by atoms with Crippen LogP contribution in [0.15, 0.2) is 42.7 Å². The molecule has 1 amide bonds. The summed E-state index contributed by atoms with van der Waals surface area (Å²) in [5, 5.41) is 4.92. The van der Waals surface area contributed by atoms with E-state index in [1.165, 1.54) is 11.1 Å². The second-order valence-electron chi connectivity index (χ2n) is 7.51. The van der Waals surface area contributed by atoms with Crippen LogP contribution in [-0.4, -0.2) is 25.2 Å². The van der Waals surface area contributed by atoms with Crippen molar-refractivity contribution in [1.82, 2.24) is 19.2 Å². The van der Waals surface area contributed by atoms with Crippen LogP contribution in [0.25, 0.3) is 11.5 Å². The predicted octanol–water partition coefficient (Wildman–Crippen LogP) is 3.53. The van der Waals surface area contributed by atoms with Gasteiger partial charge in [-0.1, -0.05) is 17.7 Å². The molecule has 1 fully saturated rings. The lowest BCUT2D eigenvalue weighted by molar-refractivity contribution is -0.133. The minimum absolute atomic E-state index is 0.250. The van der Waals surface area contributed by atoms with E-state index >= 15 is 0 Å². The maximum atomic E-state index is 12.5. The van der Waals surface area contributed by atoms with Crippen LogP contribution in [-0.2, 0) is 17.9 Å². The van der Waals surface area contributed by atoms with E-state index in [4.69, 9.17) is 5.10 Å². The molecule has 2 aromatic heterocycles. The molecule has 2 aliphatic rings. The Bertz CT molecular complexity index is 995. The number of nitrogens with zero attached hydrogens (tertiary/aromatic N) is 4. The van der Waals surface area contributed by atoms with E-state index in [-0.39, 0.29) is 5.92 Å². The van der Waals surface area contributed by atoms with Crippen LogP contribution < -0.4 is 0 Å². The molecule has 5 nitrogen and oxygen atoms in total. The van der Waals surface area contributed by atoms with Crippen LogP contribution in [0.1, 0.15) is 35.2 Å². The largest absolute Gasteiger partial charge is 0.332 e. The maximum Gasteiger partial charge on any atom is 0.226 e. The van der Waals surface area contributed by atoms with E-state index in [1.807, 2.05) is 34.1 Å². The molecule has 0 bridgehead atoms. The van der Waals surface area contributed by atoms with E-state index in [0.29, 0.717) is 19.0 Å². The summed E-state index contributed by atoms with van der Waals surface area (Å²) in [6.45, 7) is 5.51. The summed E-state index contributed by atoms with van der Waals surface area (Å²) in [6, 6.07) is 10.5. The zero-order valence-corrected chi connectivity index (χ0v) is 15.1. The smallest absolute Gasteiger partial charge is 0.226 e. The number of carbonyl (C=O) groups is 1. The summed E-state index contributed by atoms with van der Waals surface area (Å²) < 4.78 is 4.15. The van der Waals surface area contributed by atoms with E-state index in [9.17, 15) is 4.79 Å². The summed E-state index contributed by atoms with van der Waals surface area (Å²) >= 11 is 0. The molecule has 0 radical (unpaired) electrons. The van der Waals surface area contributed by atoms with Gasteiger partial charge in [-0.05, 0) is 50.5 Å². The average molecular weight is 346 g/mol. The number of hydrogen-bond acceptors (Lipinski definition) is 2. The molecule has 5 heteroatoms. The number of amides is 1. The number of fused-ring (bicyclic) bond motifs is 1. The lowest BCUT2D eigenvalue weighted by atomic mass is 10.1. The van der Waals surface area contributed by atoms with Gasteiger partial charge in [0, 0.05) is 23.9 Å². The van der Waals surface area contributed by atoms with Crippen LogP contribution in [0.2, 0.25) is 0 Å². The summed E-state index contributed by atoms with van der Waals surface area (Å²) in [7, 11) is 0. The van der Waals surface area contributed by atoms with Gasteiger partial charge in [-0.2, -0.15) is 5.10 Å². The highest BCUT2D eigenvalue weighted by Crippen LogP contribution is 2.36. The number of aromatic nitrogens is 3. The lowest BCUT2D eigenvalue weighted by Gasteiger charge is -2.18. The number of aryl methyl sites for hydroxylation is 2. The molecule has 0 saturated heterocycles. The van der Waals surface area contributed by atoms with Crippen LogP contribution >= 0.6 is 0 Å². The standard InChI is InChI=1S/C21H22N4O/c1-14-5-8-19(15(2)11-14)25-20(23-9-3-4-10-23)17-12-24(13-18(17)22-25)21(26)16-6-7-16/h3-5,8-11,16H,6-7,12-13H2,1-2H3. The van der Waals surface area contributed by atoms with Crippen molar-refractivity contribution in [2.75, 3.05) is 0 Å². The Kier molecular flexibility index (Phi) is 3.32. The van der Waals surface area contributed by atoms with Gasteiger partial charge in [-0.25, -0.2) is 4.68 Å². The Labute approximate surface area is 152 Å². The third-order valence-electron chi connectivity index (χ3n) is 5.40. The Morgan fingerprint density at radius 1 is 1.12 bits per heavy atom. The van der Waals surface area contributed by atoms with Crippen LogP contribution in [0.4, 0.5) is 0 Å². The molecule has 0 spiro atoms. The van der Waals surface area contributed by atoms with Crippen LogP contribution in [0, 0.1) is 19.8 Å². The van der Waals surface area contributed by atoms with Crippen molar-refractivity contribution >= 4 is 5.91 Å². The first-order valence-electron chi connectivity index (χ1n) is 9.22. The fraction of sp³-hybridized carbons (Fsp3) is 0.333. The highest BCUT2D eigenvalue weighted by atomic mass is 16.2. The first-order chi connectivity index (χ1) is 12.6. The topological polar surface area (TPSA) is 43.1 Å². The minimum Gasteiger partial charge on any atom is -0.332 e. The first kappa shape index (κ1) is 15.4. The summed E-state index contributed by atoms with van der Waals surface area (Å²) in [5.74, 6) is 1.59. The second-order valence-corrected chi connectivity index (χ2v) is 7.51. The zero-order chi connectivity index (χ0) is 17.8. The van der Waals surface area contributed by atoms with Gasteiger partial charge in [0.25, 0.3) is 0 Å². The lowest BCUT2D eigenvalue weighted by Crippen LogP contribution is -2.27. The molecule has 3 aromatic rings. The highest BCUT2D eigenvalue weighted by Gasteiger charge is 2.38. The fourth-order valence-electron chi connectivity index (χ4n) is 3.90. The van der Waals surface area contributed by atoms with Gasteiger partial charge in [0.2, 0.25) is 5.91 Å². The molecule has 132 valence electrons. The molecular formula is C21H22N4O. The summed E-state index contributed by atoms with van der Waals surface area (Å²) in [5.41, 5.74) is 5.71. The highest BCUT2D eigenvalue weighted by molar-refractivity contribution is 5.81. The summed E-state index contributed by atoms with van der Waals surface area (Å²) in [4.78, 5) is 14.5. The van der Waals surface area contributed by atoms with Gasteiger partial charge in [-0.3, -0.25) is 4.79 Å². The van der Waals surface area contributed by atoms with Gasteiger partial charge < -0.3 is 9.47 Å². The van der Waals surface area contributed by atoms with Gasteiger partial charge in [0.1, 0.15) is 5.82 Å². The number of hydrogen-bond donors (Lipinski definition) is 0. The van der Waals surface area contributed by atoms with Crippen molar-refractivity contribution in [3.8, 4) is 11.5 Å². The number of carbonyl (C=O) groups excluding carboxylic acids is 1. The molecule has 26 heavy (non-hydrogen) atoms. The van der Waals surface area contributed by atoms with Crippen LogP contribution in [0.3, 0.4) is 0 Å². The maximum absolute atomic E-state index is 12.5. The fourth-order valence-corrected chi connectivity index (χ4v) is 3.90. The molecule has 1 aliphatic heterocycles. The van der Waals surface area contributed by atoms with Crippen molar-refractivity contribution in [2.24, 2.45) is 5.92 Å². The third kappa shape index (κ3) is 2.38. The summed E-state index contributed by atoms with van der Waals surface area (Å²) in [6.07, 6.45) is 6.17. The third-order valence-corrected chi connectivity index (χ3v) is 5.40. The van der Waals surface area contributed by atoms with Gasteiger partial charge >= 0.3 is 0 Å². The molecule has 0 N–H and O–H groups in total. The predicted molar refractivity (Wildman–Crippen MR) is 99.3 cm³/mol. The molecule has 0 atom stereocenters. The normalized spacial score (nSPS) is 16.2. The monoisotopic (exact) mass is 346 g/mol. The van der Waals surface area contributed by atoms with E-state index in [1.54, 1.807) is 0 Å². The van der Waals surface area contributed by atoms with Crippen molar-refractivity contribution in [2.45, 2.75) is 39.8 Å². The minimum atomic E-state index is 0.250. The molecule has 1 aliphatic carbocycles. The molecule has 3 heterocycles. The number of benzene rings is 1. The zero-order valence-electron chi connectivity index (χ0n) is 15.1. The van der Waals surface area contributed by atoms with Gasteiger partial charge in [-0.15, -0.1) is 0 Å². The van der Waals surface area contributed by atoms with E-state index < -0.39 is 0 Å². The second kappa shape index (κ2) is 5.59. The van der Waals surface area contributed by atoms with Crippen molar-refractivity contribution < 1.29 is 4.79 Å². The van der Waals surface area contributed by atoms with Crippen molar-refractivity contribution in [3.63, 3.8) is 0 Å². The Hall–Kier alpha value is -2.82. The molecule has 0 unspecified atom stereocenters. The Morgan fingerprint density at radius 3 is 2.58 bits per heavy atom. The van der Waals surface area contributed by atoms with E-state index in [0.717, 1.165) is 35.6 Å². The van der Waals surface area contributed by atoms with Gasteiger partial charge in [0.05, 0.1) is 24.5 Å². The first-order valence-corrected chi connectivity index (χ1v) is 9.22. The van der Waals surface area contributed by atoms with Crippen LogP contribution in [0.5, 0.6) is 0 Å². The quantitative estimate of drug-likeness (QED) is 0.728. The van der Waals surface area contributed by atoms with Gasteiger partial charge in [0.15, 0.2) is 0 Å². The number of rotatable bonds is 3. The van der Waals surface area contributed by atoms with Crippen molar-refractivity contribution in [3.05, 3.63) is 65.1 Å². The van der Waals surface area contributed by atoms with Crippen molar-refractivity contribution in [1.29, 1.82) is 0 Å². The molecular weight excluding hydrogens is 324 g/mol. The molecule has 1 saturated carbocycles. The molecule has 1 aromatic carbocycles. The Balaban J connectivity index is 1.62. The average Bonchev–Trinajstić information content (AvgIpc) is 3.01. The Morgan fingerprint density at radius 2 is 1.88 bits per heavy atom. The SMILES string of the molecule is Cc1ccc(-n2nc3c(c2-n2cccc2)CN(C(=O)C2CC2)C3)c(C)c1. The molecule has 5 rings (SSSR count).